The lowest BCUT2D eigenvalue weighted by molar-refractivity contribution is 0.358. The first kappa shape index (κ1) is 18.4. The normalized spacial score (nSPS) is 17.1. The van der Waals surface area contributed by atoms with Gasteiger partial charge in [0.1, 0.15) is 11.6 Å². The number of guanidine groups is 1. The predicted octanol–water partition coefficient (Wildman–Crippen LogP) is 2.52. The maximum Gasteiger partial charge on any atom is 0.191 e. The highest BCUT2D eigenvalue weighted by molar-refractivity contribution is 5.79. The molecule has 2 N–H and O–H groups in total. The number of rotatable bonds is 5. The van der Waals surface area contributed by atoms with Crippen LogP contribution in [0.15, 0.2) is 23.2 Å². The first-order chi connectivity index (χ1) is 12.6. The van der Waals surface area contributed by atoms with Crippen LogP contribution >= 0.6 is 0 Å². The zero-order valence-corrected chi connectivity index (χ0v) is 16.3. The molecular weight excluding hydrogens is 324 g/mol. The highest BCUT2D eigenvalue weighted by atomic mass is 15.3. The predicted molar refractivity (Wildman–Crippen MR) is 105 cm³/mol. The quantitative estimate of drug-likeness (QED) is 0.640. The number of benzene rings is 1. The van der Waals surface area contributed by atoms with Crippen LogP contribution in [0.4, 0.5) is 0 Å². The van der Waals surface area contributed by atoms with Gasteiger partial charge in [-0.2, -0.15) is 0 Å². The second-order valence-electron chi connectivity index (χ2n) is 7.18. The summed E-state index contributed by atoms with van der Waals surface area (Å²) in [6, 6.07) is 6.54. The van der Waals surface area contributed by atoms with Crippen LogP contribution in [0, 0.1) is 26.7 Å². The van der Waals surface area contributed by atoms with E-state index < -0.39 is 0 Å². The molecule has 1 aliphatic heterocycles. The Morgan fingerprint density at radius 3 is 2.85 bits per heavy atom. The average molecular weight is 355 g/mol. The fourth-order valence-corrected chi connectivity index (χ4v) is 3.47. The molecule has 0 saturated carbocycles. The van der Waals surface area contributed by atoms with E-state index in [1.807, 2.05) is 6.92 Å². The molecule has 1 unspecified atom stereocenters. The van der Waals surface area contributed by atoms with Crippen molar-refractivity contribution in [3.8, 4) is 0 Å². The van der Waals surface area contributed by atoms with Crippen LogP contribution < -0.4 is 10.6 Å². The second-order valence-corrected chi connectivity index (χ2v) is 7.18. The standard InChI is InChI=1S/C20H30N6/c1-5-21-20(23-12-18-8-6-14(2)10-15(18)3)22-11-17-7-9-19-25-24-16(4)26(19)13-17/h6,8,10,17H,5,7,9,11-13H2,1-4H3,(H2,21,22,23). The van der Waals surface area contributed by atoms with Crippen LogP contribution in [0.5, 0.6) is 0 Å². The fourth-order valence-electron chi connectivity index (χ4n) is 3.47. The van der Waals surface area contributed by atoms with Crippen molar-refractivity contribution in [2.24, 2.45) is 10.9 Å². The van der Waals surface area contributed by atoms with Gasteiger partial charge in [-0.25, -0.2) is 4.99 Å². The number of nitrogens with zero attached hydrogens (tertiary/aromatic N) is 4. The van der Waals surface area contributed by atoms with Crippen molar-refractivity contribution in [1.82, 2.24) is 25.4 Å². The van der Waals surface area contributed by atoms with Crippen LogP contribution in [0.3, 0.4) is 0 Å². The summed E-state index contributed by atoms with van der Waals surface area (Å²) in [4.78, 5) is 4.77. The van der Waals surface area contributed by atoms with Crippen molar-refractivity contribution in [2.45, 2.75) is 53.6 Å². The smallest absolute Gasteiger partial charge is 0.191 e. The molecule has 1 atom stereocenters. The lowest BCUT2D eigenvalue weighted by atomic mass is 9.99. The second kappa shape index (κ2) is 8.34. The first-order valence-electron chi connectivity index (χ1n) is 9.53. The molecule has 2 aromatic rings. The summed E-state index contributed by atoms with van der Waals surface area (Å²) < 4.78 is 2.25. The zero-order chi connectivity index (χ0) is 18.5. The maximum absolute atomic E-state index is 4.77. The van der Waals surface area contributed by atoms with Crippen molar-refractivity contribution < 1.29 is 0 Å². The summed E-state index contributed by atoms with van der Waals surface area (Å²) >= 11 is 0. The van der Waals surface area contributed by atoms with Crippen molar-refractivity contribution in [3.63, 3.8) is 0 Å². The molecule has 26 heavy (non-hydrogen) atoms. The van der Waals surface area contributed by atoms with Gasteiger partial charge in [-0.3, -0.25) is 0 Å². The molecule has 0 spiro atoms. The van der Waals surface area contributed by atoms with E-state index in [9.17, 15) is 0 Å². The van der Waals surface area contributed by atoms with Crippen molar-refractivity contribution in [3.05, 3.63) is 46.5 Å². The van der Waals surface area contributed by atoms with E-state index in [2.05, 4.69) is 64.4 Å². The summed E-state index contributed by atoms with van der Waals surface area (Å²) in [6.45, 7) is 11.9. The molecule has 1 aromatic heterocycles. The zero-order valence-electron chi connectivity index (χ0n) is 16.3. The monoisotopic (exact) mass is 354 g/mol. The molecule has 0 saturated heterocycles. The SMILES string of the molecule is CCNC(=NCc1ccc(C)cc1C)NCC1CCc2nnc(C)n2C1. The molecule has 6 nitrogen and oxygen atoms in total. The maximum atomic E-state index is 4.77. The van der Waals surface area contributed by atoms with Crippen LogP contribution in [-0.2, 0) is 19.5 Å². The third-order valence-corrected chi connectivity index (χ3v) is 5.04. The van der Waals surface area contributed by atoms with Crippen LogP contribution in [-0.4, -0.2) is 33.8 Å². The van der Waals surface area contributed by atoms with Gasteiger partial charge in [0.2, 0.25) is 0 Å². The molecular formula is C20H30N6. The van der Waals surface area contributed by atoms with Gasteiger partial charge < -0.3 is 15.2 Å². The molecule has 2 heterocycles. The minimum absolute atomic E-state index is 0.571. The van der Waals surface area contributed by atoms with Crippen LogP contribution in [0.25, 0.3) is 0 Å². The van der Waals surface area contributed by atoms with Crippen molar-refractivity contribution in [1.29, 1.82) is 0 Å². The Morgan fingerprint density at radius 2 is 2.08 bits per heavy atom. The van der Waals surface area contributed by atoms with Gasteiger partial charge in [-0.15, -0.1) is 10.2 Å². The third-order valence-electron chi connectivity index (χ3n) is 5.04. The molecule has 0 aliphatic carbocycles. The molecule has 1 aliphatic rings. The Kier molecular flexibility index (Phi) is 5.91. The van der Waals surface area contributed by atoms with E-state index in [0.29, 0.717) is 12.5 Å². The minimum Gasteiger partial charge on any atom is -0.357 e. The van der Waals surface area contributed by atoms with Gasteiger partial charge in [0, 0.05) is 26.1 Å². The van der Waals surface area contributed by atoms with Gasteiger partial charge in [-0.1, -0.05) is 23.8 Å². The highest BCUT2D eigenvalue weighted by Crippen LogP contribution is 2.19. The lowest BCUT2D eigenvalue weighted by Crippen LogP contribution is -2.41. The van der Waals surface area contributed by atoms with Gasteiger partial charge in [0.15, 0.2) is 5.96 Å². The Morgan fingerprint density at radius 1 is 1.23 bits per heavy atom. The van der Waals surface area contributed by atoms with E-state index in [1.54, 1.807) is 0 Å². The Balaban J connectivity index is 1.59. The van der Waals surface area contributed by atoms with Gasteiger partial charge >= 0.3 is 0 Å². The molecule has 0 amide bonds. The summed E-state index contributed by atoms with van der Waals surface area (Å²) in [5.41, 5.74) is 3.86. The molecule has 0 bridgehead atoms. The molecule has 6 heteroatoms. The van der Waals surface area contributed by atoms with E-state index in [1.165, 1.54) is 16.7 Å². The third kappa shape index (κ3) is 4.42. The number of aryl methyl sites for hydroxylation is 4. The van der Waals surface area contributed by atoms with Crippen LogP contribution in [0.2, 0.25) is 0 Å². The van der Waals surface area contributed by atoms with Crippen molar-refractivity contribution in [2.75, 3.05) is 13.1 Å². The number of fused-ring (bicyclic) bond motifs is 1. The van der Waals surface area contributed by atoms with E-state index >= 15 is 0 Å². The number of nitrogens with one attached hydrogen (secondary N) is 2. The van der Waals surface area contributed by atoms with Gasteiger partial charge in [0.25, 0.3) is 0 Å². The lowest BCUT2D eigenvalue weighted by Gasteiger charge is -2.25. The van der Waals surface area contributed by atoms with Gasteiger partial charge in [0.05, 0.1) is 6.54 Å². The summed E-state index contributed by atoms with van der Waals surface area (Å²) in [5, 5.41) is 15.3. The number of hydrogen-bond donors (Lipinski definition) is 2. The van der Waals surface area contributed by atoms with Crippen LogP contribution in [0.1, 0.15) is 41.7 Å². The molecule has 0 fully saturated rings. The molecule has 140 valence electrons. The molecule has 3 rings (SSSR count). The number of aromatic nitrogens is 3. The van der Waals surface area contributed by atoms with E-state index in [4.69, 9.17) is 4.99 Å². The highest BCUT2D eigenvalue weighted by Gasteiger charge is 2.21. The molecule has 0 radical (unpaired) electrons. The average Bonchev–Trinajstić information content (AvgIpc) is 2.99. The summed E-state index contributed by atoms with van der Waals surface area (Å²) in [7, 11) is 0. The van der Waals surface area contributed by atoms with Gasteiger partial charge in [-0.05, 0) is 51.2 Å². The Labute approximate surface area is 156 Å². The Hall–Kier alpha value is -2.37. The summed E-state index contributed by atoms with van der Waals surface area (Å²) in [5.74, 6) is 3.59. The van der Waals surface area contributed by atoms with Crippen molar-refractivity contribution >= 4 is 5.96 Å². The number of hydrogen-bond acceptors (Lipinski definition) is 3. The molecule has 1 aromatic carbocycles. The Bertz CT molecular complexity index is 777. The fraction of sp³-hybridized carbons (Fsp3) is 0.550. The van der Waals surface area contributed by atoms with E-state index in [0.717, 1.165) is 50.1 Å². The van der Waals surface area contributed by atoms with E-state index in [-0.39, 0.29) is 0 Å². The minimum atomic E-state index is 0.571. The first-order valence-corrected chi connectivity index (χ1v) is 9.53. The number of aliphatic imine (C=N–C) groups is 1. The largest absolute Gasteiger partial charge is 0.357 e. The topological polar surface area (TPSA) is 67.1 Å². The summed E-state index contributed by atoms with van der Waals surface area (Å²) in [6.07, 6.45) is 2.14.